The van der Waals surface area contributed by atoms with Crippen molar-refractivity contribution >= 4 is 0 Å². The van der Waals surface area contributed by atoms with E-state index < -0.39 is 0 Å². The molecule has 4 atom stereocenters. The summed E-state index contributed by atoms with van der Waals surface area (Å²) in [5, 5.41) is 13.0. The average Bonchev–Trinajstić information content (AvgIpc) is 2.54. The molecule has 0 spiro atoms. The van der Waals surface area contributed by atoms with Crippen LogP contribution in [0.5, 0.6) is 0 Å². The third kappa shape index (κ3) is 1.72. The molecular weight excluding hydrogens is 186 g/mol. The Morgan fingerprint density at radius 2 is 2.07 bits per heavy atom. The number of aliphatic hydroxyl groups excluding tert-OH is 1. The first-order valence-corrected chi connectivity index (χ1v) is 6.28. The van der Waals surface area contributed by atoms with Crippen molar-refractivity contribution in [3.05, 3.63) is 0 Å². The van der Waals surface area contributed by atoms with Gasteiger partial charge in [-0.2, -0.15) is 0 Å². The third-order valence-corrected chi connectivity index (χ3v) is 4.89. The van der Waals surface area contributed by atoms with Gasteiger partial charge < -0.3 is 10.4 Å². The summed E-state index contributed by atoms with van der Waals surface area (Å²) in [5.74, 6) is 0.883. The highest BCUT2D eigenvalue weighted by atomic mass is 16.3. The van der Waals surface area contributed by atoms with E-state index in [0.29, 0.717) is 16.9 Å². The van der Waals surface area contributed by atoms with Crippen LogP contribution >= 0.6 is 0 Å². The smallest absolute Gasteiger partial charge is 0.0636 e. The monoisotopic (exact) mass is 211 g/mol. The topological polar surface area (TPSA) is 32.3 Å². The zero-order valence-corrected chi connectivity index (χ0v) is 10.5. The maximum atomic E-state index is 9.37. The van der Waals surface area contributed by atoms with Crippen molar-refractivity contribution < 1.29 is 5.11 Å². The normalized spacial score (nSPS) is 44.6. The first-order valence-electron chi connectivity index (χ1n) is 6.28. The van der Waals surface area contributed by atoms with Crippen LogP contribution in [0.25, 0.3) is 0 Å². The predicted octanol–water partition coefficient (Wildman–Crippen LogP) is 2.17. The van der Waals surface area contributed by atoms with Gasteiger partial charge in [0.15, 0.2) is 0 Å². The molecule has 2 N–H and O–H groups in total. The number of rotatable bonds is 3. The molecule has 0 amide bonds. The number of nitrogens with one attached hydrogen (secondary N) is 1. The van der Waals surface area contributed by atoms with Gasteiger partial charge >= 0.3 is 0 Å². The minimum Gasteiger partial charge on any atom is -0.392 e. The SMILES string of the molecule is C[C@H](O)CNC1C2(C)CCC(C2)C1(C)C. The van der Waals surface area contributed by atoms with E-state index in [1.165, 1.54) is 19.3 Å². The predicted molar refractivity (Wildman–Crippen MR) is 62.7 cm³/mol. The molecule has 2 aliphatic rings. The van der Waals surface area contributed by atoms with E-state index in [2.05, 4.69) is 26.1 Å². The Bertz CT molecular complexity index is 244. The molecule has 0 aromatic rings. The minimum atomic E-state index is -0.233. The lowest BCUT2D eigenvalue weighted by Crippen LogP contribution is -2.51. The lowest BCUT2D eigenvalue weighted by molar-refractivity contribution is 0.0920. The fourth-order valence-electron chi connectivity index (χ4n) is 4.10. The van der Waals surface area contributed by atoms with Crippen molar-refractivity contribution in [3.63, 3.8) is 0 Å². The zero-order chi connectivity index (χ0) is 11.3. The fourth-order valence-corrected chi connectivity index (χ4v) is 4.10. The van der Waals surface area contributed by atoms with E-state index >= 15 is 0 Å². The number of hydrogen-bond donors (Lipinski definition) is 2. The molecule has 2 rings (SSSR count). The quantitative estimate of drug-likeness (QED) is 0.750. The van der Waals surface area contributed by atoms with Gasteiger partial charge in [-0.05, 0) is 42.9 Å². The van der Waals surface area contributed by atoms with E-state index in [0.717, 1.165) is 12.5 Å². The number of fused-ring (bicyclic) bond motifs is 2. The van der Waals surface area contributed by atoms with Crippen LogP contribution in [0.2, 0.25) is 0 Å². The largest absolute Gasteiger partial charge is 0.392 e. The van der Waals surface area contributed by atoms with Gasteiger partial charge in [0, 0.05) is 12.6 Å². The molecule has 0 aliphatic heterocycles. The van der Waals surface area contributed by atoms with E-state index in [-0.39, 0.29) is 6.10 Å². The summed E-state index contributed by atoms with van der Waals surface area (Å²) < 4.78 is 0. The van der Waals surface area contributed by atoms with Crippen molar-refractivity contribution in [3.8, 4) is 0 Å². The molecule has 0 aromatic carbocycles. The first kappa shape index (κ1) is 11.4. The van der Waals surface area contributed by atoms with Crippen LogP contribution in [-0.2, 0) is 0 Å². The molecular formula is C13H25NO. The molecule has 0 radical (unpaired) electrons. The van der Waals surface area contributed by atoms with Crippen LogP contribution in [0.1, 0.15) is 47.0 Å². The van der Waals surface area contributed by atoms with Gasteiger partial charge in [0.2, 0.25) is 0 Å². The van der Waals surface area contributed by atoms with Crippen LogP contribution in [0.3, 0.4) is 0 Å². The second-order valence-corrected chi connectivity index (χ2v) is 6.61. The van der Waals surface area contributed by atoms with Crippen LogP contribution in [0.4, 0.5) is 0 Å². The standard InChI is InChI=1S/C13H25NO/c1-9(15)8-14-11-12(2,3)10-5-6-13(11,4)7-10/h9-11,14-15H,5-8H2,1-4H3/t9-,10?,11?,13?/m0/s1. The zero-order valence-electron chi connectivity index (χ0n) is 10.5. The molecule has 2 saturated carbocycles. The molecule has 3 unspecified atom stereocenters. The van der Waals surface area contributed by atoms with Crippen molar-refractivity contribution in [2.45, 2.75) is 59.1 Å². The molecule has 2 fully saturated rings. The Labute approximate surface area is 93.5 Å². The van der Waals surface area contributed by atoms with Gasteiger partial charge in [-0.1, -0.05) is 20.8 Å². The lowest BCUT2D eigenvalue weighted by Gasteiger charge is -2.43. The Morgan fingerprint density at radius 3 is 2.53 bits per heavy atom. The first-order chi connectivity index (χ1) is 6.86. The summed E-state index contributed by atoms with van der Waals surface area (Å²) in [4.78, 5) is 0. The summed E-state index contributed by atoms with van der Waals surface area (Å²) in [6, 6.07) is 0.582. The van der Waals surface area contributed by atoms with Crippen molar-refractivity contribution in [1.29, 1.82) is 0 Å². The number of hydrogen-bond acceptors (Lipinski definition) is 2. The fraction of sp³-hybridized carbons (Fsp3) is 1.00. The van der Waals surface area contributed by atoms with Gasteiger partial charge in [-0.15, -0.1) is 0 Å². The molecule has 2 bridgehead atoms. The highest BCUT2D eigenvalue weighted by molar-refractivity contribution is 5.11. The van der Waals surface area contributed by atoms with Crippen molar-refractivity contribution in [2.24, 2.45) is 16.7 Å². The molecule has 0 saturated heterocycles. The van der Waals surface area contributed by atoms with Gasteiger partial charge in [0.1, 0.15) is 0 Å². The molecule has 0 heterocycles. The van der Waals surface area contributed by atoms with Crippen LogP contribution in [0.15, 0.2) is 0 Å². The number of aliphatic hydroxyl groups is 1. The molecule has 88 valence electrons. The van der Waals surface area contributed by atoms with E-state index in [1.807, 2.05) is 6.92 Å². The summed E-state index contributed by atoms with van der Waals surface area (Å²) in [5.41, 5.74) is 0.880. The molecule has 0 aromatic heterocycles. The summed E-state index contributed by atoms with van der Waals surface area (Å²) in [6.07, 6.45) is 3.90. The third-order valence-electron chi connectivity index (χ3n) is 4.89. The summed E-state index contributed by atoms with van der Waals surface area (Å²) in [6.45, 7) is 9.79. The summed E-state index contributed by atoms with van der Waals surface area (Å²) >= 11 is 0. The van der Waals surface area contributed by atoms with Crippen LogP contribution in [-0.4, -0.2) is 23.8 Å². The van der Waals surface area contributed by atoms with Gasteiger partial charge in [0.25, 0.3) is 0 Å². The lowest BCUT2D eigenvalue weighted by atomic mass is 9.68. The summed E-state index contributed by atoms with van der Waals surface area (Å²) in [7, 11) is 0. The maximum Gasteiger partial charge on any atom is 0.0636 e. The van der Waals surface area contributed by atoms with Crippen molar-refractivity contribution in [2.75, 3.05) is 6.54 Å². The molecule has 2 heteroatoms. The maximum absolute atomic E-state index is 9.37. The Balaban J connectivity index is 2.09. The van der Waals surface area contributed by atoms with E-state index in [4.69, 9.17) is 0 Å². The highest BCUT2D eigenvalue weighted by Crippen LogP contribution is 2.62. The Hall–Kier alpha value is -0.0800. The molecule has 15 heavy (non-hydrogen) atoms. The minimum absolute atomic E-state index is 0.233. The second kappa shape index (κ2) is 3.46. The molecule has 2 nitrogen and oxygen atoms in total. The van der Waals surface area contributed by atoms with Gasteiger partial charge in [0.05, 0.1) is 6.10 Å². The van der Waals surface area contributed by atoms with Gasteiger partial charge in [-0.3, -0.25) is 0 Å². The van der Waals surface area contributed by atoms with Crippen LogP contribution in [0, 0.1) is 16.7 Å². The Morgan fingerprint density at radius 1 is 1.40 bits per heavy atom. The van der Waals surface area contributed by atoms with Crippen LogP contribution < -0.4 is 5.32 Å². The molecule has 2 aliphatic carbocycles. The van der Waals surface area contributed by atoms with E-state index in [9.17, 15) is 5.11 Å². The Kier molecular flexibility index (Phi) is 2.63. The average molecular weight is 211 g/mol. The highest BCUT2D eigenvalue weighted by Gasteiger charge is 2.58. The van der Waals surface area contributed by atoms with Crippen molar-refractivity contribution in [1.82, 2.24) is 5.32 Å². The van der Waals surface area contributed by atoms with E-state index in [1.54, 1.807) is 0 Å². The second-order valence-electron chi connectivity index (χ2n) is 6.61. The van der Waals surface area contributed by atoms with Gasteiger partial charge in [-0.25, -0.2) is 0 Å².